The third-order valence-electron chi connectivity index (χ3n) is 6.69. The number of anilines is 2. The topological polar surface area (TPSA) is 72.1 Å². The number of nitrogens with zero attached hydrogens (tertiary/aromatic N) is 3. The molecule has 0 fully saturated rings. The SMILES string of the molecule is Cc1c2[n+](nn1C)CCC(Nc1ccc(Cl)cc1)c1cc(-c3ccc(NC(=O)OC(C)(C)C)cc3)ccc1-2. The van der Waals surface area contributed by atoms with Gasteiger partial charge in [0.05, 0.1) is 11.3 Å². The molecule has 1 aliphatic heterocycles. The number of carbonyl (C=O) groups excluding carboxylic acids is 1. The summed E-state index contributed by atoms with van der Waals surface area (Å²) in [6.07, 6.45) is 0.415. The second kappa shape index (κ2) is 10.1. The molecule has 0 aliphatic carbocycles. The van der Waals surface area contributed by atoms with Crippen molar-refractivity contribution in [2.75, 3.05) is 10.6 Å². The average molecular weight is 531 g/mol. The highest BCUT2D eigenvalue weighted by molar-refractivity contribution is 6.30. The Kier molecular flexibility index (Phi) is 6.88. The Morgan fingerprint density at radius 3 is 2.37 bits per heavy atom. The first-order chi connectivity index (χ1) is 18.1. The molecule has 1 atom stereocenters. The van der Waals surface area contributed by atoms with Crippen LogP contribution in [-0.2, 0) is 18.3 Å². The van der Waals surface area contributed by atoms with E-state index in [0.29, 0.717) is 10.7 Å². The number of hydrogen-bond donors (Lipinski definition) is 2. The molecule has 1 aromatic heterocycles. The molecule has 1 amide bonds. The molecule has 1 unspecified atom stereocenters. The zero-order valence-electron chi connectivity index (χ0n) is 22.4. The van der Waals surface area contributed by atoms with Crippen molar-refractivity contribution in [2.24, 2.45) is 7.05 Å². The van der Waals surface area contributed by atoms with E-state index in [0.717, 1.165) is 41.2 Å². The molecular formula is C30H33ClN5O2+. The normalized spacial score (nSPS) is 14.7. The van der Waals surface area contributed by atoms with Crippen LogP contribution in [0, 0.1) is 6.92 Å². The molecule has 5 rings (SSSR count). The fraction of sp³-hybridized carbons (Fsp3) is 0.300. The van der Waals surface area contributed by atoms with E-state index in [-0.39, 0.29) is 6.04 Å². The Hall–Kier alpha value is -3.84. The van der Waals surface area contributed by atoms with Crippen LogP contribution in [0.4, 0.5) is 16.2 Å². The van der Waals surface area contributed by atoms with Crippen LogP contribution in [0.25, 0.3) is 22.4 Å². The second-order valence-corrected chi connectivity index (χ2v) is 11.1. The number of hydrogen-bond acceptors (Lipinski definition) is 4. The van der Waals surface area contributed by atoms with Crippen molar-refractivity contribution < 1.29 is 14.2 Å². The Labute approximate surface area is 228 Å². The molecule has 2 heterocycles. The summed E-state index contributed by atoms with van der Waals surface area (Å²) in [5.74, 6) is 0. The monoisotopic (exact) mass is 530 g/mol. The van der Waals surface area contributed by atoms with E-state index in [1.54, 1.807) is 0 Å². The molecule has 0 spiro atoms. The standard InChI is InChI=1S/C30H32ClN5O2/c1-19-28-25-15-8-21(20-6-11-24(12-7-20)33-29(37)38-30(2,3)4)18-26(25)27(16-17-36(28)34-35(19)5)32-23-13-9-22(31)10-14-23/h6-15,18,27,32H,16-17H2,1-5H3/p+1. The van der Waals surface area contributed by atoms with E-state index in [9.17, 15) is 4.79 Å². The van der Waals surface area contributed by atoms with Gasteiger partial charge in [0, 0.05) is 35.3 Å². The summed E-state index contributed by atoms with van der Waals surface area (Å²) in [4.78, 5) is 12.2. The fourth-order valence-corrected chi connectivity index (χ4v) is 4.95. The Bertz CT molecular complexity index is 1470. The number of halogens is 1. The molecule has 3 aromatic carbocycles. The van der Waals surface area contributed by atoms with E-state index < -0.39 is 11.7 Å². The van der Waals surface area contributed by atoms with Gasteiger partial charge in [-0.05, 0) is 86.0 Å². The lowest BCUT2D eigenvalue weighted by molar-refractivity contribution is -0.745. The van der Waals surface area contributed by atoms with Gasteiger partial charge in [0.2, 0.25) is 5.69 Å². The van der Waals surface area contributed by atoms with Crippen LogP contribution in [0.2, 0.25) is 5.02 Å². The lowest BCUT2D eigenvalue weighted by Gasteiger charge is -2.21. The van der Waals surface area contributed by atoms with E-state index in [2.05, 4.69) is 40.4 Å². The summed E-state index contributed by atoms with van der Waals surface area (Å²) in [6.45, 7) is 8.45. The molecular weight excluding hydrogens is 498 g/mol. The molecule has 2 N–H and O–H groups in total. The molecule has 0 saturated carbocycles. The Balaban J connectivity index is 1.49. The van der Waals surface area contributed by atoms with Gasteiger partial charge < -0.3 is 10.1 Å². The van der Waals surface area contributed by atoms with Crippen molar-refractivity contribution in [3.8, 4) is 22.4 Å². The number of ether oxygens (including phenoxy) is 1. The number of aromatic nitrogens is 3. The fourth-order valence-electron chi connectivity index (χ4n) is 4.82. The summed E-state index contributed by atoms with van der Waals surface area (Å²) in [5.41, 5.74) is 7.99. The van der Waals surface area contributed by atoms with Crippen LogP contribution < -0.4 is 15.3 Å². The lowest BCUT2D eigenvalue weighted by Crippen LogP contribution is -2.38. The Morgan fingerprint density at radius 1 is 1.03 bits per heavy atom. The molecule has 0 bridgehead atoms. The minimum absolute atomic E-state index is 0.0886. The zero-order valence-corrected chi connectivity index (χ0v) is 23.1. The van der Waals surface area contributed by atoms with Crippen molar-refractivity contribution in [1.29, 1.82) is 0 Å². The summed E-state index contributed by atoms with van der Waals surface area (Å²) >= 11 is 6.12. The number of rotatable bonds is 4. The highest BCUT2D eigenvalue weighted by Gasteiger charge is 2.31. The number of fused-ring (bicyclic) bond motifs is 3. The maximum absolute atomic E-state index is 12.2. The smallest absolute Gasteiger partial charge is 0.412 e. The van der Waals surface area contributed by atoms with Crippen molar-refractivity contribution >= 4 is 29.1 Å². The summed E-state index contributed by atoms with van der Waals surface area (Å²) in [6, 6.07) is 22.3. The van der Waals surface area contributed by atoms with Gasteiger partial charge >= 0.3 is 6.09 Å². The van der Waals surface area contributed by atoms with Crippen molar-refractivity contribution in [3.63, 3.8) is 0 Å². The second-order valence-electron chi connectivity index (χ2n) is 10.7. The maximum Gasteiger partial charge on any atom is 0.412 e. The molecule has 38 heavy (non-hydrogen) atoms. The molecule has 8 heteroatoms. The van der Waals surface area contributed by atoms with Gasteiger partial charge in [0.25, 0.3) is 0 Å². The van der Waals surface area contributed by atoms with Gasteiger partial charge in [0.1, 0.15) is 19.2 Å². The molecule has 0 radical (unpaired) electrons. The number of benzene rings is 3. The first-order valence-electron chi connectivity index (χ1n) is 12.8. The zero-order chi connectivity index (χ0) is 27.0. The number of amides is 1. The molecule has 0 saturated heterocycles. The highest BCUT2D eigenvalue weighted by atomic mass is 35.5. The van der Waals surface area contributed by atoms with Crippen LogP contribution in [0.1, 0.15) is 44.5 Å². The van der Waals surface area contributed by atoms with Crippen LogP contribution in [0.3, 0.4) is 0 Å². The third-order valence-corrected chi connectivity index (χ3v) is 6.94. The minimum atomic E-state index is -0.548. The van der Waals surface area contributed by atoms with E-state index in [1.165, 1.54) is 11.1 Å². The molecule has 4 aromatic rings. The average Bonchev–Trinajstić information content (AvgIpc) is 3.05. The van der Waals surface area contributed by atoms with Gasteiger partial charge in [0.15, 0.2) is 5.69 Å². The predicted octanol–water partition coefficient (Wildman–Crippen LogP) is 6.91. The molecule has 7 nitrogen and oxygen atoms in total. The third kappa shape index (κ3) is 5.53. The first kappa shape index (κ1) is 25.8. The lowest BCUT2D eigenvalue weighted by atomic mass is 9.92. The summed E-state index contributed by atoms with van der Waals surface area (Å²) in [7, 11) is 1.99. The van der Waals surface area contributed by atoms with E-state index >= 15 is 0 Å². The van der Waals surface area contributed by atoms with Crippen molar-refractivity contribution in [2.45, 2.75) is 52.3 Å². The predicted molar refractivity (Wildman–Crippen MR) is 151 cm³/mol. The van der Waals surface area contributed by atoms with Crippen LogP contribution in [0.5, 0.6) is 0 Å². The first-order valence-corrected chi connectivity index (χ1v) is 13.2. The highest BCUT2D eigenvalue weighted by Crippen LogP contribution is 2.37. The quantitative estimate of drug-likeness (QED) is 0.281. The Morgan fingerprint density at radius 2 is 1.68 bits per heavy atom. The van der Waals surface area contributed by atoms with Crippen molar-refractivity contribution in [1.82, 2.24) is 9.90 Å². The van der Waals surface area contributed by atoms with Crippen LogP contribution in [0.15, 0.2) is 66.7 Å². The van der Waals surface area contributed by atoms with Crippen molar-refractivity contribution in [3.05, 3.63) is 83.0 Å². The maximum atomic E-state index is 12.2. The minimum Gasteiger partial charge on any atom is -0.444 e. The van der Waals surface area contributed by atoms with Gasteiger partial charge in [-0.1, -0.05) is 29.8 Å². The van der Waals surface area contributed by atoms with Gasteiger partial charge in [-0.25, -0.2) is 4.79 Å². The summed E-state index contributed by atoms with van der Waals surface area (Å²) < 4.78 is 9.41. The summed E-state index contributed by atoms with van der Waals surface area (Å²) in [5, 5.41) is 12.0. The number of carbonyl (C=O) groups is 1. The van der Waals surface area contributed by atoms with E-state index in [1.807, 2.05) is 81.0 Å². The largest absolute Gasteiger partial charge is 0.444 e. The number of nitrogens with one attached hydrogen (secondary N) is 2. The number of aryl methyl sites for hydroxylation is 2. The van der Waals surface area contributed by atoms with E-state index in [4.69, 9.17) is 21.6 Å². The van der Waals surface area contributed by atoms with Gasteiger partial charge in [-0.3, -0.25) is 5.32 Å². The molecule has 1 aliphatic rings. The van der Waals surface area contributed by atoms with Crippen LogP contribution >= 0.6 is 11.6 Å². The van der Waals surface area contributed by atoms with Gasteiger partial charge in [-0.2, -0.15) is 0 Å². The van der Waals surface area contributed by atoms with Gasteiger partial charge in [-0.15, -0.1) is 9.36 Å². The molecule has 196 valence electrons. The van der Waals surface area contributed by atoms with Crippen LogP contribution in [-0.4, -0.2) is 21.6 Å².